The number of para-hydroxylation sites is 1. The molecule has 140 valence electrons. The van der Waals surface area contributed by atoms with Gasteiger partial charge >= 0.3 is 0 Å². The SMILES string of the molecule is COc1cccc2sc(N3CC4CN(c5ccc(=O)n(C)n5)CC4C3)nc12. The molecular formula is C19H21N5O2S. The summed E-state index contributed by atoms with van der Waals surface area (Å²) in [5.41, 5.74) is 0.878. The first-order chi connectivity index (χ1) is 13.1. The van der Waals surface area contributed by atoms with Crippen molar-refractivity contribution in [3.8, 4) is 5.75 Å². The molecule has 5 rings (SSSR count). The number of ether oxygens (including phenoxy) is 1. The van der Waals surface area contributed by atoms with E-state index < -0.39 is 0 Å². The van der Waals surface area contributed by atoms with Gasteiger partial charge in [0, 0.05) is 51.1 Å². The highest BCUT2D eigenvalue weighted by atomic mass is 32.1. The molecule has 27 heavy (non-hydrogen) atoms. The Hall–Kier alpha value is -2.61. The van der Waals surface area contributed by atoms with Crippen LogP contribution in [0.4, 0.5) is 10.9 Å². The number of anilines is 2. The van der Waals surface area contributed by atoms with Crippen LogP contribution in [0, 0.1) is 11.8 Å². The topological polar surface area (TPSA) is 63.5 Å². The lowest BCUT2D eigenvalue weighted by Crippen LogP contribution is -2.30. The number of aryl methyl sites for hydroxylation is 1. The first kappa shape index (κ1) is 16.6. The molecule has 4 heterocycles. The normalized spacial score (nSPS) is 21.9. The van der Waals surface area contributed by atoms with Crippen molar-refractivity contribution in [2.75, 3.05) is 43.1 Å². The predicted octanol–water partition coefficient (Wildman–Crippen LogP) is 1.97. The van der Waals surface area contributed by atoms with E-state index in [4.69, 9.17) is 9.72 Å². The van der Waals surface area contributed by atoms with Gasteiger partial charge in [0.05, 0.1) is 11.8 Å². The summed E-state index contributed by atoms with van der Waals surface area (Å²) in [6.07, 6.45) is 0. The molecule has 0 aliphatic carbocycles. The third-order valence-electron chi connectivity index (χ3n) is 5.62. The van der Waals surface area contributed by atoms with E-state index in [-0.39, 0.29) is 5.56 Å². The average molecular weight is 383 g/mol. The Balaban J connectivity index is 1.34. The maximum absolute atomic E-state index is 11.6. The summed E-state index contributed by atoms with van der Waals surface area (Å²) in [7, 11) is 3.39. The number of hydrogen-bond acceptors (Lipinski definition) is 7. The molecule has 7 nitrogen and oxygen atoms in total. The molecule has 2 aromatic heterocycles. The minimum Gasteiger partial charge on any atom is -0.494 e. The van der Waals surface area contributed by atoms with Crippen molar-refractivity contribution in [3.05, 3.63) is 40.7 Å². The van der Waals surface area contributed by atoms with Gasteiger partial charge < -0.3 is 14.5 Å². The first-order valence-corrected chi connectivity index (χ1v) is 9.92. The number of fused-ring (bicyclic) bond motifs is 2. The summed E-state index contributed by atoms with van der Waals surface area (Å²) in [4.78, 5) is 21.1. The molecule has 2 unspecified atom stereocenters. The quantitative estimate of drug-likeness (QED) is 0.689. The molecular weight excluding hydrogens is 362 g/mol. The number of aromatic nitrogens is 3. The zero-order chi connectivity index (χ0) is 18.5. The fraction of sp³-hybridized carbons (Fsp3) is 0.421. The maximum Gasteiger partial charge on any atom is 0.266 e. The minimum absolute atomic E-state index is 0.0735. The van der Waals surface area contributed by atoms with Crippen LogP contribution in [0.25, 0.3) is 10.2 Å². The van der Waals surface area contributed by atoms with E-state index >= 15 is 0 Å². The number of hydrogen-bond donors (Lipinski definition) is 0. The Morgan fingerprint density at radius 3 is 2.52 bits per heavy atom. The molecule has 0 radical (unpaired) electrons. The van der Waals surface area contributed by atoms with E-state index in [1.807, 2.05) is 18.2 Å². The van der Waals surface area contributed by atoms with Crippen LogP contribution >= 0.6 is 11.3 Å². The molecule has 0 amide bonds. The third-order valence-corrected chi connectivity index (χ3v) is 6.70. The Morgan fingerprint density at radius 1 is 1.07 bits per heavy atom. The molecule has 8 heteroatoms. The van der Waals surface area contributed by atoms with Gasteiger partial charge in [-0.05, 0) is 18.2 Å². The molecule has 0 N–H and O–H groups in total. The number of rotatable bonds is 3. The fourth-order valence-corrected chi connectivity index (χ4v) is 5.21. The van der Waals surface area contributed by atoms with Crippen LogP contribution in [0.15, 0.2) is 35.1 Å². The summed E-state index contributed by atoms with van der Waals surface area (Å²) in [6.45, 7) is 3.96. The number of nitrogens with zero attached hydrogens (tertiary/aromatic N) is 5. The van der Waals surface area contributed by atoms with Crippen molar-refractivity contribution >= 4 is 32.5 Å². The van der Waals surface area contributed by atoms with Crippen molar-refractivity contribution in [1.29, 1.82) is 0 Å². The first-order valence-electron chi connectivity index (χ1n) is 9.10. The highest BCUT2D eigenvalue weighted by Crippen LogP contribution is 2.39. The van der Waals surface area contributed by atoms with Crippen molar-refractivity contribution in [2.45, 2.75) is 0 Å². The highest BCUT2D eigenvalue weighted by Gasteiger charge is 2.41. The molecule has 2 aliphatic heterocycles. The number of methoxy groups -OCH3 is 1. The van der Waals surface area contributed by atoms with Crippen LogP contribution in [-0.4, -0.2) is 48.1 Å². The zero-order valence-electron chi connectivity index (χ0n) is 15.3. The predicted molar refractivity (Wildman–Crippen MR) is 107 cm³/mol. The summed E-state index contributed by atoms with van der Waals surface area (Å²) in [6, 6.07) is 9.50. The smallest absolute Gasteiger partial charge is 0.266 e. The van der Waals surface area contributed by atoms with Gasteiger partial charge in [-0.3, -0.25) is 4.79 Å². The molecule has 3 aromatic rings. The number of thiazole rings is 1. The van der Waals surface area contributed by atoms with Gasteiger partial charge in [0.1, 0.15) is 17.1 Å². The Morgan fingerprint density at radius 2 is 1.81 bits per heavy atom. The molecule has 2 aliphatic rings. The lowest BCUT2D eigenvalue weighted by atomic mass is 10.0. The second kappa shape index (κ2) is 6.23. The van der Waals surface area contributed by atoms with Crippen molar-refractivity contribution in [2.24, 2.45) is 18.9 Å². The monoisotopic (exact) mass is 383 g/mol. The fourth-order valence-electron chi connectivity index (χ4n) is 4.21. The van der Waals surface area contributed by atoms with Crippen LogP contribution in [0.5, 0.6) is 5.75 Å². The summed E-state index contributed by atoms with van der Waals surface area (Å²) in [5, 5.41) is 5.48. The van der Waals surface area contributed by atoms with Gasteiger partial charge in [-0.15, -0.1) is 0 Å². The van der Waals surface area contributed by atoms with Gasteiger partial charge in [0.25, 0.3) is 5.56 Å². The van der Waals surface area contributed by atoms with E-state index in [0.29, 0.717) is 11.8 Å². The van der Waals surface area contributed by atoms with E-state index in [0.717, 1.165) is 53.1 Å². The second-order valence-electron chi connectivity index (χ2n) is 7.29. The Bertz CT molecular complexity index is 1050. The van der Waals surface area contributed by atoms with Crippen molar-refractivity contribution < 1.29 is 4.74 Å². The number of benzene rings is 1. The molecule has 1 aromatic carbocycles. The lowest BCUT2D eigenvalue weighted by Gasteiger charge is -2.22. The summed E-state index contributed by atoms with van der Waals surface area (Å²) >= 11 is 1.73. The molecule has 0 saturated carbocycles. The maximum atomic E-state index is 11.6. The van der Waals surface area contributed by atoms with E-state index in [1.54, 1.807) is 31.6 Å². The molecule has 2 atom stereocenters. The van der Waals surface area contributed by atoms with E-state index in [1.165, 1.54) is 4.68 Å². The Labute approximate surface area is 160 Å². The van der Waals surface area contributed by atoms with Crippen LogP contribution in [0.3, 0.4) is 0 Å². The highest BCUT2D eigenvalue weighted by molar-refractivity contribution is 7.22. The van der Waals surface area contributed by atoms with Crippen LogP contribution in [-0.2, 0) is 7.05 Å². The van der Waals surface area contributed by atoms with Gasteiger partial charge in [0.2, 0.25) is 0 Å². The van der Waals surface area contributed by atoms with Crippen molar-refractivity contribution in [1.82, 2.24) is 14.8 Å². The Kier molecular flexibility index (Phi) is 3.82. The summed E-state index contributed by atoms with van der Waals surface area (Å²) < 4.78 is 8.02. The molecule has 0 spiro atoms. The van der Waals surface area contributed by atoms with E-state index in [2.05, 4.69) is 21.0 Å². The minimum atomic E-state index is -0.0735. The summed E-state index contributed by atoms with van der Waals surface area (Å²) in [5.74, 6) is 2.92. The van der Waals surface area contributed by atoms with Gasteiger partial charge in [-0.2, -0.15) is 5.10 Å². The standard InChI is InChI=1S/C19H21N5O2S/c1-22-17(25)7-6-16(21-22)23-8-12-10-24(11-13(12)9-23)19-20-18-14(26-2)4-3-5-15(18)27-19/h3-7,12-13H,8-11H2,1-2H3. The second-order valence-corrected chi connectivity index (χ2v) is 8.30. The largest absolute Gasteiger partial charge is 0.494 e. The van der Waals surface area contributed by atoms with Crippen LogP contribution in [0.1, 0.15) is 0 Å². The van der Waals surface area contributed by atoms with Gasteiger partial charge in [-0.1, -0.05) is 17.4 Å². The van der Waals surface area contributed by atoms with Gasteiger partial charge in [-0.25, -0.2) is 9.67 Å². The lowest BCUT2D eigenvalue weighted by molar-refractivity contribution is 0.419. The van der Waals surface area contributed by atoms with Crippen LogP contribution < -0.4 is 20.1 Å². The van der Waals surface area contributed by atoms with Crippen LogP contribution in [0.2, 0.25) is 0 Å². The molecule has 0 bridgehead atoms. The van der Waals surface area contributed by atoms with E-state index in [9.17, 15) is 4.79 Å². The molecule has 2 saturated heterocycles. The average Bonchev–Trinajstić information content (AvgIpc) is 3.35. The third kappa shape index (κ3) is 2.75. The van der Waals surface area contributed by atoms with Crippen molar-refractivity contribution in [3.63, 3.8) is 0 Å². The van der Waals surface area contributed by atoms with Gasteiger partial charge in [0.15, 0.2) is 5.13 Å². The zero-order valence-corrected chi connectivity index (χ0v) is 16.1. The molecule has 2 fully saturated rings.